The third-order valence-corrected chi connectivity index (χ3v) is 5.50. The molecule has 162 valence electrons. The zero-order valence-electron chi connectivity index (χ0n) is 16.0. The Hall–Kier alpha value is -3.56. The van der Waals surface area contributed by atoms with Gasteiger partial charge in [0.2, 0.25) is 5.91 Å². The van der Waals surface area contributed by atoms with E-state index in [0.29, 0.717) is 10.8 Å². The number of halogens is 4. The van der Waals surface area contributed by atoms with E-state index in [0.717, 1.165) is 6.20 Å². The second-order valence-electron chi connectivity index (χ2n) is 6.72. The summed E-state index contributed by atoms with van der Waals surface area (Å²) >= 11 is 12.9. The molecule has 2 aromatic carbocycles. The van der Waals surface area contributed by atoms with Crippen molar-refractivity contribution in [3.63, 3.8) is 0 Å². The van der Waals surface area contributed by atoms with Crippen LogP contribution in [0.1, 0.15) is 26.5 Å². The number of primary amides is 1. The Morgan fingerprint density at radius 3 is 2.50 bits per heavy atom. The quantitative estimate of drug-likeness (QED) is 0.368. The summed E-state index contributed by atoms with van der Waals surface area (Å²) in [4.78, 5) is 27.9. The Labute approximate surface area is 189 Å². The molecule has 0 aliphatic heterocycles. The number of carbonyl (C=O) groups excluding carboxylic acids is 2. The number of nitrogens with two attached hydrogens (primary N) is 1. The maximum Gasteiger partial charge on any atom is 0.371 e. The average molecular weight is 476 g/mol. The molecule has 0 aliphatic rings. The number of benzene rings is 2. The number of aromatic amines is 1. The highest BCUT2D eigenvalue weighted by molar-refractivity contribution is 6.41. The summed E-state index contributed by atoms with van der Waals surface area (Å²) in [6, 6.07) is 7.05. The molecule has 0 saturated carbocycles. The average Bonchev–Trinajstić information content (AvgIpc) is 3.29. The summed E-state index contributed by atoms with van der Waals surface area (Å²) in [5, 5.41) is 8.22. The summed E-state index contributed by atoms with van der Waals surface area (Å²) in [7, 11) is 0. The minimum atomic E-state index is -3.95. The van der Waals surface area contributed by atoms with Gasteiger partial charge < -0.3 is 5.73 Å². The first kappa shape index (κ1) is 21.7. The zero-order valence-corrected chi connectivity index (χ0v) is 17.5. The number of hydrogen-bond donors (Lipinski definition) is 3. The summed E-state index contributed by atoms with van der Waals surface area (Å²) in [5.74, 6) is -1.93. The topological polar surface area (TPSA) is 114 Å². The van der Waals surface area contributed by atoms with Crippen LogP contribution in [0.15, 0.2) is 54.9 Å². The molecule has 7 nitrogen and oxygen atoms in total. The fourth-order valence-electron chi connectivity index (χ4n) is 3.27. The van der Waals surface area contributed by atoms with Crippen LogP contribution in [0.25, 0.3) is 21.9 Å². The van der Waals surface area contributed by atoms with E-state index in [1.54, 1.807) is 29.6 Å². The number of amides is 2. The van der Waals surface area contributed by atoms with E-state index < -0.39 is 28.6 Å². The summed E-state index contributed by atoms with van der Waals surface area (Å²) in [6.45, 7) is 0. The highest BCUT2D eigenvalue weighted by atomic mass is 35.5. The van der Waals surface area contributed by atoms with Gasteiger partial charge in [0.25, 0.3) is 5.91 Å². The summed E-state index contributed by atoms with van der Waals surface area (Å²) < 4.78 is 29.9. The van der Waals surface area contributed by atoms with Gasteiger partial charge in [-0.3, -0.25) is 25.0 Å². The third-order valence-electron chi connectivity index (χ3n) is 4.72. The number of carbonyl (C=O) groups is 2. The largest absolute Gasteiger partial charge is 0.371 e. The van der Waals surface area contributed by atoms with Crippen LogP contribution in [0.2, 0.25) is 10.0 Å². The molecule has 0 radical (unpaired) electrons. The molecule has 0 unspecified atom stereocenters. The maximum absolute atomic E-state index is 14.9. The molecule has 0 aliphatic carbocycles. The van der Waals surface area contributed by atoms with E-state index in [-0.39, 0.29) is 27.4 Å². The monoisotopic (exact) mass is 475 g/mol. The summed E-state index contributed by atoms with van der Waals surface area (Å²) in [6.07, 6.45) is 2.31. The van der Waals surface area contributed by atoms with Gasteiger partial charge in [0.1, 0.15) is 5.69 Å². The predicted octanol–water partition coefficient (Wildman–Crippen LogP) is 4.51. The molecule has 0 saturated heterocycles. The Balaban J connectivity index is 1.87. The van der Waals surface area contributed by atoms with Crippen molar-refractivity contribution < 1.29 is 18.4 Å². The minimum absolute atomic E-state index is 0.00226. The molecule has 11 heteroatoms. The molecule has 4 rings (SSSR count). The van der Waals surface area contributed by atoms with Gasteiger partial charge in [0, 0.05) is 34.5 Å². The van der Waals surface area contributed by atoms with Crippen molar-refractivity contribution in [2.24, 2.45) is 5.73 Å². The third kappa shape index (κ3) is 3.76. The number of rotatable bonds is 5. The lowest BCUT2D eigenvalue weighted by Crippen LogP contribution is -2.40. The normalized spacial score (nSPS) is 11.5. The number of fused-ring (bicyclic) bond motifs is 1. The zero-order chi connectivity index (χ0) is 23.0. The molecule has 0 fully saturated rings. The molecule has 0 bridgehead atoms. The second-order valence-corrected chi connectivity index (χ2v) is 7.47. The molecule has 2 aromatic heterocycles. The van der Waals surface area contributed by atoms with Gasteiger partial charge in [-0.25, -0.2) is 0 Å². The van der Waals surface area contributed by atoms with Gasteiger partial charge in [-0.05, 0) is 23.6 Å². The fraction of sp³-hybridized carbons (Fsp3) is 0.0476. The number of hydrogen-bond acceptors (Lipinski definition) is 4. The SMILES string of the molecule is NC(=O)c1cc2ccccc2c(Cl)c1-c1ccnc(C(F)(F)NC(=O)c2ccn[nH]2)c1Cl. The molecule has 0 atom stereocenters. The van der Waals surface area contributed by atoms with E-state index >= 15 is 0 Å². The molecule has 4 N–H and O–H groups in total. The molecule has 4 aromatic rings. The lowest BCUT2D eigenvalue weighted by Gasteiger charge is -2.20. The lowest BCUT2D eigenvalue weighted by molar-refractivity contribution is -0.0372. The van der Waals surface area contributed by atoms with Crippen LogP contribution in [0.3, 0.4) is 0 Å². The number of nitrogens with zero attached hydrogens (tertiary/aromatic N) is 2. The van der Waals surface area contributed by atoms with E-state index in [9.17, 15) is 18.4 Å². The highest BCUT2D eigenvalue weighted by Crippen LogP contribution is 2.43. The number of H-pyrrole nitrogens is 1. The van der Waals surface area contributed by atoms with Crippen LogP contribution < -0.4 is 11.1 Å². The van der Waals surface area contributed by atoms with E-state index in [1.165, 1.54) is 24.4 Å². The van der Waals surface area contributed by atoms with Gasteiger partial charge >= 0.3 is 6.05 Å². The van der Waals surface area contributed by atoms with Crippen molar-refractivity contribution in [2.45, 2.75) is 6.05 Å². The van der Waals surface area contributed by atoms with Gasteiger partial charge in [0.05, 0.1) is 10.0 Å². The van der Waals surface area contributed by atoms with E-state index in [1.807, 2.05) is 0 Å². The maximum atomic E-state index is 14.9. The first-order valence-corrected chi connectivity index (χ1v) is 9.82. The van der Waals surface area contributed by atoms with Gasteiger partial charge in [-0.2, -0.15) is 13.9 Å². The fourth-order valence-corrected chi connectivity index (χ4v) is 3.97. The van der Waals surface area contributed by atoms with Crippen LogP contribution in [0, 0.1) is 0 Å². The van der Waals surface area contributed by atoms with Gasteiger partial charge in [-0.15, -0.1) is 0 Å². The van der Waals surface area contributed by atoms with Gasteiger partial charge in [0.15, 0.2) is 5.69 Å². The van der Waals surface area contributed by atoms with Gasteiger partial charge in [-0.1, -0.05) is 47.5 Å². The van der Waals surface area contributed by atoms with Crippen molar-refractivity contribution in [2.75, 3.05) is 0 Å². The molecule has 2 heterocycles. The number of nitrogens with one attached hydrogen (secondary N) is 2. The first-order chi connectivity index (χ1) is 15.2. The molecule has 2 amide bonds. The Kier molecular flexibility index (Phi) is 5.53. The van der Waals surface area contributed by atoms with Crippen molar-refractivity contribution >= 4 is 45.8 Å². The highest BCUT2D eigenvalue weighted by Gasteiger charge is 2.39. The molecular weight excluding hydrogens is 463 g/mol. The van der Waals surface area contributed by atoms with Crippen LogP contribution in [-0.4, -0.2) is 27.0 Å². The molecule has 0 spiro atoms. The van der Waals surface area contributed by atoms with Crippen molar-refractivity contribution in [3.05, 3.63) is 81.9 Å². The van der Waals surface area contributed by atoms with Crippen LogP contribution in [0.5, 0.6) is 0 Å². The molecule has 32 heavy (non-hydrogen) atoms. The number of pyridine rings is 1. The van der Waals surface area contributed by atoms with Crippen LogP contribution in [0.4, 0.5) is 8.78 Å². The molecular formula is C21H13Cl2F2N5O2. The Morgan fingerprint density at radius 2 is 1.81 bits per heavy atom. The standard InChI is InChI=1S/C21H13Cl2F2N5O2/c22-16-11-4-2-1-3-10(11)9-13(19(26)31)15(16)12-5-7-27-18(17(12)23)21(24,25)29-20(32)14-6-8-28-30-14/h1-9H,(H2,26,31)(H,28,30)(H,29,32). The number of alkyl halides is 2. The second kappa shape index (κ2) is 8.18. The van der Waals surface area contributed by atoms with Crippen molar-refractivity contribution in [1.29, 1.82) is 0 Å². The first-order valence-electron chi connectivity index (χ1n) is 9.07. The minimum Gasteiger partial charge on any atom is -0.366 e. The van der Waals surface area contributed by atoms with E-state index in [2.05, 4.69) is 15.2 Å². The Morgan fingerprint density at radius 1 is 1.06 bits per heavy atom. The number of aromatic nitrogens is 3. The van der Waals surface area contributed by atoms with E-state index in [4.69, 9.17) is 28.9 Å². The van der Waals surface area contributed by atoms with Crippen LogP contribution >= 0.6 is 23.2 Å². The van der Waals surface area contributed by atoms with Crippen molar-refractivity contribution in [1.82, 2.24) is 20.5 Å². The smallest absolute Gasteiger partial charge is 0.366 e. The Bertz CT molecular complexity index is 1360. The van der Waals surface area contributed by atoms with Crippen molar-refractivity contribution in [3.8, 4) is 11.1 Å². The van der Waals surface area contributed by atoms with Crippen LogP contribution in [-0.2, 0) is 6.05 Å². The predicted molar refractivity (Wildman–Crippen MR) is 116 cm³/mol. The lowest BCUT2D eigenvalue weighted by atomic mass is 9.94. The summed E-state index contributed by atoms with van der Waals surface area (Å²) in [5.41, 5.74) is 4.53.